The summed E-state index contributed by atoms with van der Waals surface area (Å²) < 4.78 is 11.6. The topological polar surface area (TPSA) is 85.9 Å². The van der Waals surface area contributed by atoms with E-state index in [2.05, 4.69) is 10.5 Å². The molecule has 30 heavy (non-hydrogen) atoms. The van der Waals surface area contributed by atoms with Crippen LogP contribution in [0.4, 0.5) is 5.69 Å². The second-order valence-electron chi connectivity index (χ2n) is 6.38. The highest BCUT2D eigenvalue weighted by Gasteiger charge is 2.08. The van der Waals surface area contributed by atoms with E-state index in [1.807, 2.05) is 37.3 Å². The number of carbonyl (C=O) groups excluding carboxylic acids is 1. The van der Waals surface area contributed by atoms with E-state index in [-0.39, 0.29) is 5.91 Å². The van der Waals surface area contributed by atoms with Gasteiger partial charge in [0.1, 0.15) is 6.61 Å². The molecular weight excluding hydrogens is 402 g/mol. The Morgan fingerprint density at radius 2 is 1.90 bits per heavy atom. The molecule has 0 aliphatic carbocycles. The molecule has 154 valence electrons. The summed E-state index contributed by atoms with van der Waals surface area (Å²) in [5.41, 5.74) is 10.8. The highest BCUT2D eigenvalue weighted by atomic mass is 35.5. The van der Waals surface area contributed by atoms with E-state index in [1.165, 1.54) is 6.21 Å². The number of hydrogen-bond acceptors (Lipinski definition) is 5. The number of amides is 1. The fourth-order valence-corrected chi connectivity index (χ4v) is 2.90. The lowest BCUT2D eigenvalue weighted by Crippen LogP contribution is -2.17. The van der Waals surface area contributed by atoms with E-state index in [9.17, 15) is 4.79 Å². The summed E-state index contributed by atoms with van der Waals surface area (Å²) in [4.78, 5) is 12.1. The van der Waals surface area contributed by atoms with Gasteiger partial charge in [0.15, 0.2) is 11.5 Å². The molecule has 6 nitrogen and oxygen atoms in total. The van der Waals surface area contributed by atoms with E-state index in [1.54, 1.807) is 36.4 Å². The molecule has 0 fully saturated rings. The van der Waals surface area contributed by atoms with Gasteiger partial charge >= 0.3 is 0 Å². The van der Waals surface area contributed by atoms with Crippen LogP contribution in [0.15, 0.2) is 71.8 Å². The number of nitrogens with zero attached hydrogens (tertiary/aromatic N) is 1. The molecule has 7 heteroatoms. The number of rotatable bonds is 8. The Morgan fingerprint density at radius 3 is 2.67 bits per heavy atom. The number of carbonyl (C=O) groups is 1. The molecule has 3 N–H and O–H groups in total. The molecule has 0 aromatic heterocycles. The second-order valence-corrected chi connectivity index (χ2v) is 6.82. The largest absolute Gasteiger partial charge is 0.490 e. The van der Waals surface area contributed by atoms with E-state index >= 15 is 0 Å². The van der Waals surface area contributed by atoms with Crippen LogP contribution >= 0.6 is 11.6 Å². The molecule has 0 aliphatic heterocycles. The molecule has 0 heterocycles. The van der Waals surface area contributed by atoms with Gasteiger partial charge in [-0.3, -0.25) is 4.79 Å². The fraction of sp³-hybridized carbons (Fsp3) is 0.130. The van der Waals surface area contributed by atoms with Gasteiger partial charge in [0.2, 0.25) is 0 Å². The molecule has 0 unspecified atom stereocenters. The maximum atomic E-state index is 12.1. The molecule has 0 saturated carbocycles. The number of nitrogens with two attached hydrogens (primary N) is 1. The SMILES string of the molecule is CCOc1cc(/C=N\NC(=O)c2cccc(N)c2)ccc1OCc1cccc(Cl)c1. The monoisotopic (exact) mass is 423 g/mol. The Labute approximate surface area is 180 Å². The predicted octanol–water partition coefficient (Wildman–Crippen LogP) is 4.66. The van der Waals surface area contributed by atoms with E-state index < -0.39 is 0 Å². The Balaban J connectivity index is 1.66. The van der Waals surface area contributed by atoms with Crippen molar-refractivity contribution in [1.29, 1.82) is 0 Å². The number of hydrogen-bond donors (Lipinski definition) is 2. The predicted molar refractivity (Wildman–Crippen MR) is 119 cm³/mol. The van der Waals surface area contributed by atoms with Gasteiger partial charge in [0.25, 0.3) is 5.91 Å². The third-order valence-corrected chi connectivity index (χ3v) is 4.31. The van der Waals surface area contributed by atoms with Gasteiger partial charge < -0.3 is 15.2 Å². The van der Waals surface area contributed by atoms with Gasteiger partial charge in [-0.25, -0.2) is 5.43 Å². The number of nitrogen functional groups attached to an aromatic ring is 1. The molecule has 0 saturated heterocycles. The summed E-state index contributed by atoms with van der Waals surface area (Å²) in [5.74, 6) is 0.855. The third kappa shape index (κ3) is 5.99. The summed E-state index contributed by atoms with van der Waals surface area (Å²) in [6, 6.07) is 19.6. The minimum Gasteiger partial charge on any atom is -0.490 e. The second kappa shape index (κ2) is 10.3. The highest BCUT2D eigenvalue weighted by Crippen LogP contribution is 2.29. The Kier molecular flexibility index (Phi) is 7.29. The first kappa shape index (κ1) is 21.2. The van der Waals surface area contributed by atoms with Crippen molar-refractivity contribution in [2.45, 2.75) is 13.5 Å². The number of benzene rings is 3. The number of anilines is 1. The van der Waals surface area contributed by atoms with Crippen molar-refractivity contribution in [3.63, 3.8) is 0 Å². The minimum absolute atomic E-state index is 0.343. The van der Waals surface area contributed by atoms with Gasteiger partial charge in [-0.2, -0.15) is 5.10 Å². The molecule has 0 aliphatic rings. The lowest BCUT2D eigenvalue weighted by Gasteiger charge is -2.12. The van der Waals surface area contributed by atoms with Gasteiger partial charge in [-0.05, 0) is 66.6 Å². The van der Waals surface area contributed by atoms with Crippen molar-refractivity contribution in [1.82, 2.24) is 5.43 Å². The van der Waals surface area contributed by atoms with Crippen molar-refractivity contribution in [2.24, 2.45) is 5.10 Å². The van der Waals surface area contributed by atoms with Crippen LogP contribution in [-0.2, 0) is 6.61 Å². The van der Waals surface area contributed by atoms with E-state index in [0.29, 0.717) is 41.0 Å². The Bertz CT molecular complexity index is 1050. The van der Waals surface area contributed by atoms with Crippen LogP contribution in [-0.4, -0.2) is 18.7 Å². The first-order valence-electron chi connectivity index (χ1n) is 9.38. The van der Waals surface area contributed by atoms with Crippen LogP contribution in [0, 0.1) is 0 Å². The van der Waals surface area contributed by atoms with Crippen LogP contribution in [0.5, 0.6) is 11.5 Å². The first-order chi connectivity index (χ1) is 14.5. The fourth-order valence-electron chi connectivity index (χ4n) is 2.69. The Morgan fingerprint density at radius 1 is 1.07 bits per heavy atom. The number of ether oxygens (including phenoxy) is 2. The summed E-state index contributed by atoms with van der Waals surface area (Å²) in [5, 5.41) is 4.67. The molecule has 3 aromatic carbocycles. The zero-order valence-electron chi connectivity index (χ0n) is 16.5. The van der Waals surface area contributed by atoms with Crippen molar-refractivity contribution < 1.29 is 14.3 Å². The molecule has 0 atom stereocenters. The molecule has 0 bridgehead atoms. The molecule has 0 radical (unpaired) electrons. The maximum Gasteiger partial charge on any atom is 0.271 e. The number of nitrogens with one attached hydrogen (secondary N) is 1. The lowest BCUT2D eigenvalue weighted by atomic mass is 10.2. The minimum atomic E-state index is -0.343. The van der Waals surface area contributed by atoms with Crippen molar-refractivity contribution in [3.05, 3.63) is 88.4 Å². The van der Waals surface area contributed by atoms with Crippen LogP contribution in [0.25, 0.3) is 0 Å². The van der Waals surface area contributed by atoms with Crippen LogP contribution in [0.1, 0.15) is 28.4 Å². The normalized spacial score (nSPS) is 10.7. The van der Waals surface area contributed by atoms with Crippen molar-refractivity contribution in [3.8, 4) is 11.5 Å². The molecule has 0 spiro atoms. The third-order valence-electron chi connectivity index (χ3n) is 4.08. The smallest absolute Gasteiger partial charge is 0.271 e. The molecule has 3 aromatic rings. The number of halogens is 1. The van der Waals surface area contributed by atoms with Crippen LogP contribution in [0.2, 0.25) is 5.02 Å². The maximum absolute atomic E-state index is 12.1. The summed E-state index contributed by atoms with van der Waals surface area (Å²) >= 11 is 6.01. The zero-order chi connectivity index (χ0) is 21.3. The summed E-state index contributed by atoms with van der Waals surface area (Å²) in [6.45, 7) is 2.75. The van der Waals surface area contributed by atoms with Crippen LogP contribution in [0.3, 0.4) is 0 Å². The quantitative estimate of drug-likeness (QED) is 0.313. The summed E-state index contributed by atoms with van der Waals surface area (Å²) in [6.07, 6.45) is 1.54. The van der Waals surface area contributed by atoms with E-state index in [4.69, 9.17) is 26.8 Å². The van der Waals surface area contributed by atoms with Gasteiger partial charge in [-0.15, -0.1) is 0 Å². The zero-order valence-corrected chi connectivity index (χ0v) is 17.2. The van der Waals surface area contributed by atoms with E-state index in [0.717, 1.165) is 11.1 Å². The lowest BCUT2D eigenvalue weighted by molar-refractivity contribution is 0.0955. The number of hydrazone groups is 1. The van der Waals surface area contributed by atoms with Gasteiger partial charge in [-0.1, -0.05) is 29.8 Å². The Hall–Kier alpha value is -3.51. The molecule has 1 amide bonds. The average Bonchev–Trinajstić information content (AvgIpc) is 2.73. The first-order valence-corrected chi connectivity index (χ1v) is 9.76. The van der Waals surface area contributed by atoms with Gasteiger partial charge in [0, 0.05) is 16.3 Å². The molecule has 3 rings (SSSR count). The van der Waals surface area contributed by atoms with Gasteiger partial charge in [0.05, 0.1) is 12.8 Å². The van der Waals surface area contributed by atoms with Crippen molar-refractivity contribution in [2.75, 3.05) is 12.3 Å². The van der Waals surface area contributed by atoms with Crippen LogP contribution < -0.4 is 20.6 Å². The standard InChI is InChI=1S/C23H22ClN3O3/c1-2-29-22-12-16(14-26-27-23(28)18-6-4-8-20(25)13-18)9-10-21(22)30-15-17-5-3-7-19(24)11-17/h3-14H,2,15,25H2,1H3,(H,27,28)/b26-14-. The molecular formula is C23H22ClN3O3. The highest BCUT2D eigenvalue weighted by molar-refractivity contribution is 6.30. The average molecular weight is 424 g/mol. The van der Waals surface area contributed by atoms with Crippen molar-refractivity contribution >= 4 is 29.4 Å². The summed E-state index contributed by atoms with van der Waals surface area (Å²) in [7, 11) is 0.